The molecular weight excluding hydrogens is 362 g/mol. The Bertz CT molecular complexity index is 849. The van der Waals surface area contributed by atoms with Crippen LogP contribution < -0.4 is 20.1 Å². The van der Waals surface area contributed by atoms with Crippen molar-refractivity contribution in [2.24, 2.45) is 0 Å². The SMILES string of the molecule is COc1ccc(NC(=O)c2ccccc2NC(=O)N2CCOCC2)cc1OC. The molecule has 8 heteroatoms. The van der Waals surface area contributed by atoms with E-state index in [0.717, 1.165) is 0 Å². The Morgan fingerprint density at radius 2 is 1.68 bits per heavy atom. The summed E-state index contributed by atoms with van der Waals surface area (Å²) in [5.41, 5.74) is 1.35. The number of benzene rings is 2. The molecule has 0 saturated carbocycles. The number of anilines is 2. The third-order valence-corrected chi connectivity index (χ3v) is 4.35. The minimum Gasteiger partial charge on any atom is -0.493 e. The van der Waals surface area contributed by atoms with Gasteiger partial charge in [0.25, 0.3) is 5.91 Å². The molecule has 2 N–H and O–H groups in total. The fourth-order valence-corrected chi connectivity index (χ4v) is 2.86. The Labute approximate surface area is 163 Å². The van der Waals surface area contributed by atoms with E-state index in [4.69, 9.17) is 14.2 Å². The van der Waals surface area contributed by atoms with Crippen LogP contribution in [0.4, 0.5) is 16.2 Å². The van der Waals surface area contributed by atoms with E-state index in [2.05, 4.69) is 10.6 Å². The first-order valence-electron chi connectivity index (χ1n) is 8.88. The summed E-state index contributed by atoms with van der Waals surface area (Å²) in [6.45, 7) is 2.06. The number of nitrogens with zero attached hydrogens (tertiary/aromatic N) is 1. The van der Waals surface area contributed by atoms with Gasteiger partial charge >= 0.3 is 6.03 Å². The van der Waals surface area contributed by atoms with Gasteiger partial charge in [-0.2, -0.15) is 0 Å². The quantitative estimate of drug-likeness (QED) is 0.826. The molecule has 1 aliphatic rings. The Kier molecular flexibility index (Phi) is 6.33. The van der Waals surface area contributed by atoms with Gasteiger partial charge in [-0.1, -0.05) is 12.1 Å². The van der Waals surface area contributed by atoms with Crippen molar-refractivity contribution in [1.82, 2.24) is 4.90 Å². The molecule has 0 unspecified atom stereocenters. The number of para-hydroxylation sites is 1. The van der Waals surface area contributed by atoms with Crippen LogP contribution in [0.2, 0.25) is 0 Å². The van der Waals surface area contributed by atoms with Gasteiger partial charge in [0, 0.05) is 24.8 Å². The third kappa shape index (κ3) is 4.52. The predicted molar refractivity (Wildman–Crippen MR) is 105 cm³/mol. The van der Waals surface area contributed by atoms with Gasteiger partial charge in [0.1, 0.15) is 0 Å². The lowest BCUT2D eigenvalue weighted by molar-refractivity contribution is 0.0564. The Morgan fingerprint density at radius 3 is 2.39 bits per heavy atom. The van der Waals surface area contributed by atoms with Crippen molar-refractivity contribution < 1.29 is 23.8 Å². The maximum absolute atomic E-state index is 12.8. The second-order valence-electron chi connectivity index (χ2n) is 6.10. The molecule has 0 aliphatic carbocycles. The van der Waals surface area contributed by atoms with Crippen LogP contribution >= 0.6 is 0 Å². The van der Waals surface area contributed by atoms with Crippen LogP contribution in [0, 0.1) is 0 Å². The van der Waals surface area contributed by atoms with Crippen molar-refractivity contribution in [3.63, 3.8) is 0 Å². The molecule has 2 aromatic rings. The number of morpholine rings is 1. The van der Waals surface area contributed by atoms with Gasteiger partial charge in [-0.15, -0.1) is 0 Å². The summed E-state index contributed by atoms with van der Waals surface area (Å²) in [4.78, 5) is 26.9. The van der Waals surface area contributed by atoms with Crippen molar-refractivity contribution in [1.29, 1.82) is 0 Å². The molecule has 148 valence electrons. The van der Waals surface area contributed by atoms with Crippen LogP contribution in [0.3, 0.4) is 0 Å². The summed E-state index contributed by atoms with van der Waals surface area (Å²) in [6.07, 6.45) is 0. The third-order valence-electron chi connectivity index (χ3n) is 4.35. The summed E-state index contributed by atoms with van der Waals surface area (Å²) in [5.74, 6) is 0.734. The molecule has 0 bridgehead atoms. The van der Waals surface area contributed by atoms with E-state index in [9.17, 15) is 9.59 Å². The summed E-state index contributed by atoms with van der Waals surface area (Å²) < 4.78 is 15.7. The van der Waals surface area contributed by atoms with Crippen molar-refractivity contribution in [2.75, 3.05) is 51.2 Å². The number of hydrogen-bond donors (Lipinski definition) is 2. The molecule has 2 aromatic carbocycles. The van der Waals surface area contributed by atoms with E-state index in [1.807, 2.05) is 0 Å². The molecule has 0 atom stereocenters. The smallest absolute Gasteiger partial charge is 0.322 e. The molecule has 3 rings (SSSR count). The first-order chi connectivity index (χ1) is 13.6. The lowest BCUT2D eigenvalue weighted by atomic mass is 10.1. The normalized spacial score (nSPS) is 13.6. The van der Waals surface area contributed by atoms with Crippen LogP contribution in [-0.4, -0.2) is 57.4 Å². The van der Waals surface area contributed by atoms with Crippen LogP contribution in [-0.2, 0) is 4.74 Å². The fraction of sp³-hybridized carbons (Fsp3) is 0.300. The lowest BCUT2D eigenvalue weighted by Crippen LogP contribution is -2.43. The van der Waals surface area contributed by atoms with Crippen molar-refractivity contribution in [3.8, 4) is 11.5 Å². The van der Waals surface area contributed by atoms with Crippen LogP contribution in [0.1, 0.15) is 10.4 Å². The molecule has 8 nitrogen and oxygen atoms in total. The minimum absolute atomic E-state index is 0.255. The Hall–Kier alpha value is -3.26. The molecule has 28 heavy (non-hydrogen) atoms. The number of hydrogen-bond acceptors (Lipinski definition) is 5. The number of rotatable bonds is 5. The van der Waals surface area contributed by atoms with Gasteiger partial charge in [0.2, 0.25) is 0 Å². The van der Waals surface area contributed by atoms with Gasteiger partial charge in [-0.3, -0.25) is 4.79 Å². The summed E-state index contributed by atoms with van der Waals surface area (Å²) in [5, 5.41) is 5.63. The van der Waals surface area contributed by atoms with Gasteiger partial charge < -0.3 is 29.7 Å². The first kappa shape index (κ1) is 19.5. The maximum Gasteiger partial charge on any atom is 0.322 e. The molecule has 3 amide bonds. The average molecular weight is 385 g/mol. The molecule has 1 fully saturated rings. The second-order valence-corrected chi connectivity index (χ2v) is 6.10. The summed E-state index contributed by atoms with van der Waals surface area (Å²) in [7, 11) is 3.07. The van der Waals surface area contributed by atoms with E-state index in [-0.39, 0.29) is 11.9 Å². The molecular formula is C20H23N3O5. The lowest BCUT2D eigenvalue weighted by Gasteiger charge is -2.27. The van der Waals surface area contributed by atoms with E-state index in [1.54, 1.807) is 54.5 Å². The minimum atomic E-state index is -0.343. The van der Waals surface area contributed by atoms with Crippen LogP contribution in [0.25, 0.3) is 0 Å². The average Bonchev–Trinajstić information content (AvgIpc) is 2.74. The van der Waals surface area contributed by atoms with Gasteiger partial charge in [0.15, 0.2) is 11.5 Å². The van der Waals surface area contributed by atoms with E-state index in [0.29, 0.717) is 54.7 Å². The van der Waals surface area contributed by atoms with Crippen LogP contribution in [0.15, 0.2) is 42.5 Å². The number of ether oxygens (including phenoxy) is 3. The maximum atomic E-state index is 12.8. The topological polar surface area (TPSA) is 89.1 Å². The highest BCUT2D eigenvalue weighted by molar-refractivity contribution is 6.10. The fourth-order valence-electron chi connectivity index (χ4n) is 2.86. The molecule has 0 spiro atoms. The number of nitrogens with one attached hydrogen (secondary N) is 2. The highest BCUT2D eigenvalue weighted by atomic mass is 16.5. The van der Waals surface area contributed by atoms with Crippen molar-refractivity contribution in [2.45, 2.75) is 0 Å². The highest BCUT2D eigenvalue weighted by Crippen LogP contribution is 2.30. The number of carbonyl (C=O) groups excluding carboxylic acids is 2. The zero-order chi connectivity index (χ0) is 19.9. The number of amides is 3. The zero-order valence-electron chi connectivity index (χ0n) is 15.9. The first-order valence-corrected chi connectivity index (χ1v) is 8.88. The molecule has 0 radical (unpaired) electrons. The van der Waals surface area contributed by atoms with Crippen molar-refractivity contribution in [3.05, 3.63) is 48.0 Å². The zero-order valence-corrected chi connectivity index (χ0v) is 15.9. The number of carbonyl (C=O) groups is 2. The van der Waals surface area contributed by atoms with Gasteiger partial charge in [0.05, 0.1) is 38.7 Å². The Morgan fingerprint density at radius 1 is 0.964 bits per heavy atom. The van der Waals surface area contributed by atoms with E-state index in [1.165, 1.54) is 7.11 Å². The summed E-state index contributed by atoms with van der Waals surface area (Å²) >= 11 is 0. The standard InChI is InChI=1S/C20H23N3O5/c1-26-17-8-7-14(13-18(17)27-2)21-19(24)15-5-3-4-6-16(15)22-20(25)23-9-11-28-12-10-23/h3-8,13H,9-12H2,1-2H3,(H,21,24)(H,22,25). The molecule has 1 aliphatic heterocycles. The highest BCUT2D eigenvalue weighted by Gasteiger charge is 2.19. The largest absolute Gasteiger partial charge is 0.493 e. The molecule has 0 aromatic heterocycles. The summed E-state index contributed by atoms with van der Waals surface area (Å²) in [6, 6.07) is 11.7. The molecule has 1 saturated heterocycles. The monoisotopic (exact) mass is 385 g/mol. The van der Waals surface area contributed by atoms with Crippen LogP contribution in [0.5, 0.6) is 11.5 Å². The number of urea groups is 1. The van der Waals surface area contributed by atoms with E-state index < -0.39 is 0 Å². The van der Waals surface area contributed by atoms with Gasteiger partial charge in [-0.25, -0.2) is 4.79 Å². The van der Waals surface area contributed by atoms with E-state index >= 15 is 0 Å². The van der Waals surface area contributed by atoms with Crippen molar-refractivity contribution >= 4 is 23.3 Å². The van der Waals surface area contributed by atoms with Gasteiger partial charge in [-0.05, 0) is 24.3 Å². The molecule has 1 heterocycles. The second kappa shape index (κ2) is 9.09. The Balaban J connectivity index is 1.74. The predicted octanol–water partition coefficient (Wildman–Crippen LogP) is 2.82. The number of methoxy groups -OCH3 is 2.